The van der Waals surface area contributed by atoms with Gasteiger partial charge in [-0.25, -0.2) is 0 Å². The molecule has 0 heterocycles. The Bertz CT molecular complexity index is 553. The van der Waals surface area contributed by atoms with Gasteiger partial charge in [0, 0.05) is 23.8 Å². The van der Waals surface area contributed by atoms with E-state index in [1.165, 1.54) is 166 Å². The summed E-state index contributed by atoms with van der Waals surface area (Å²) in [6.45, 7) is 5.89. The van der Waals surface area contributed by atoms with E-state index in [1.807, 2.05) is 62.2 Å². The SMILES string of the molecule is CCCCCCCCCCCCCCSSCC(COC(=O)CCN(C)C)SSCCCCCCCCCCCCCC. The van der Waals surface area contributed by atoms with E-state index in [4.69, 9.17) is 4.74 Å². The number of rotatable bonds is 36. The van der Waals surface area contributed by atoms with Crippen LogP contribution in [0.5, 0.6) is 0 Å². The van der Waals surface area contributed by atoms with Crippen LogP contribution < -0.4 is 0 Å². The highest BCUT2D eigenvalue weighted by Gasteiger charge is 2.14. The lowest BCUT2D eigenvalue weighted by molar-refractivity contribution is -0.143. The van der Waals surface area contributed by atoms with Crippen molar-refractivity contribution in [3.63, 3.8) is 0 Å². The summed E-state index contributed by atoms with van der Waals surface area (Å²) in [6, 6.07) is 0. The van der Waals surface area contributed by atoms with Crippen molar-refractivity contribution in [3.8, 4) is 0 Å². The third-order valence-electron chi connectivity index (χ3n) is 7.90. The lowest BCUT2D eigenvalue weighted by Crippen LogP contribution is -2.21. The number of carbonyl (C=O) groups excluding carboxylic acids is 1. The molecule has 258 valence electrons. The molecule has 0 aromatic heterocycles. The second-order valence-electron chi connectivity index (χ2n) is 12.7. The van der Waals surface area contributed by atoms with Crippen molar-refractivity contribution in [1.82, 2.24) is 4.90 Å². The molecule has 0 amide bonds. The molecular weight excluding hydrogens is 607 g/mol. The van der Waals surface area contributed by atoms with Crippen molar-refractivity contribution < 1.29 is 9.53 Å². The molecule has 7 heteroatoms. The molecule has 0 radical (unpaired) electrons. The van der Waals surface area contributed by atoms with Crippen molar-refractivity contribution in [3.05, 3.63) is 0 Å². The molecule has 0 fully saturated rings. The zero-order valence-corrected chi connectivity index (χ0v) is 32.5. The molecule has 1 atom stereocenters. The number of ether oxygens (including phenoxy) is 1. The summed E-state index contributed by atoms with van der Waals surface area (Å²) in [5, 5.41) is 0.380. The first-order chi connectivity index (χ1) is 21.1. The second-order valence-corrected chi connectivity index (χ2v) is 18.1. The summed E-state index contributed by atoms with van der Waals surface area (Å²) in [7, 11) is 12.0. The summed E-state index contributed by atoms with van der Waals surface area (Å²) in [4.78, 5) is 14.2. The van der Waals surface area contributed by atoms with E-state index < -0.39 is 0 Å². The van der Waals surface area contributed by atoms with Gasteiger partial charge in [0.25, 0.3) is 0 Å². The first-order valence-electron chi connectivity index (χ1n) is 18.4. The number of unbranched alkanes of at least 4 members (excludes halogenated alkanes) is 22. The first kappa shape index (κ1) is 43.8. The van der Waals surface area contributed by atoms with E-state index in [0.717, 1.165) is 12.3 Å². The molecule has 0 rings (SSSR count). The van der Waals surface area contributed by atoms with Gasteiger partial charge >= 0.3 is 5.97 Å². The van der Waals surface area contributed by atoms with Crippen LogP contribution in [0, 0.1) is 0 Å². The minimum atomic E-state index is -0.0561. The summed E-state index contributed by atoms with van der Waals surface area (Å²) < 4.78 is 5.68. The van der Waals surface area contributed by atoms with Crippen LogP contribution >= 0.6 is 43.2 Å². The van der Waals surface area contributed by atoms with Crippen LogP contribution in [0.15, 0.2) is 0 Å². The van der Waals surface area contributed by atoms with Crippen LogP contribution in [0.4, 0.5) is 0 Å². The number of nitrogens with zero attached hydrogens (tertiary/aromatic N) is 1. The van der Waals surface area contributed by atoms with Crippen molar-refractivity contribution in [2.45, 2.75) is 180 Å². The smallest absolute Gasteiger partial charge is 0.307 e. The Hall–Kier alpha value is 0.830. The molecule has 0 aliphatic heterocycles. The Morgan fingerprint density at radius 3 is 1.37 bits per heavy atom. The van der Waals surface area contributed by atoms with E-state index in [2.05, 4.69) is 13.8 Å². The van der Waals surface area contributed by atoms with Gasteiger partial charge in [-0.1, -0.05) is 198 Å². The average Bonchev–Trinajstić information content (AvgIpc) is 3.00. The second kappa shape index (κ2) is 37.3. The highest BCUT2D eigenvalue weighted by Crippen LogP contribution is 2.34. The maximum absolute atomic E-state index is 12.2. The van der Waals surface area contributed by atoms with Crippen LogP contribution in [0.3, 0.4) is 0 Å². The van der Waals surface area contributed by atoms with Gasteiger partial charge in [0.05, 0.1) is 11.7 Å². The molecule has 0 spiro atoms. The quantitative estimate of drug-likeness (QED) is 0.0370. The molecule has 3 nitrogen and oxygen atoms in total. The predicted octanol–water partition coefficient (Wildman–Crippen LogP) is 13.0. The summed E-state index contributed by atoms with van der Waals surface area (Å²) in [5.41, 5.74) is 0. The standard InChI is InChI=1S/C36H73NO2S4/c1-5-7-9-11-13-15-17-19-21-23-25-27-31-40-42-34-35(33-39-36(38)29-30-37(3)4)43-41-32-28-26-24-22-20-18-16-14-12-10-8-6-2/h35H,5-34H2,1-4H3. The van der Waals surface area contributed by atoms with E-state index in [1.54, 1.807) is 0 Å². The topological polar surface area (TPSA) is 29.5 Å². The maximum atomic E-state index is 12.2. The molecule has 0 saturated carbocycles. The fraction of sp³-hybridized carbons (Fsp3) is 0.972. The van der Waals surface area contributed by atoms with E-state index in [-0.39, 0.29) is 5.97 Å². The fourth-order valence-corrected chi connectivity index (χ4v) is 10.6. The van der Waals surface area contributed by atoms with Crippen LogP contribution in [-0.2, 0) is 9.53 Å². The Morgan fingerprint density at radius 2 is 0.953 bits per heavy atom. The molecule has 0 saturated heterocycles. The molecule has 1 unspecified atom stereocenters. The zero-order valence-electron chi connectivity index (χ0n) is 29.2. The molecular formula is C36H73NO2S4. The lowest BCUT2D eigenvalue weighted by atomic mass is 10.1. The van der Waals surface area contributed by atoms with E-state index in [0.29, 0.717) is 18.3 Å². The monoisotopic (exact) mass is 679 g/mol. The molecule has 0 aliphatic carbocycles. The van der Waals surface area contributed by atoms with E-state index in [9.17, 15) is 4.79 Å². The lowest BCUT2D eigenvalue weighted by Gasteiger charge is -2.16. The van der Waals surface area contributed by atoms with Gasteiger partial charge in [0.2, 0.25) is 0 Å². The van der Waals surface area contributed by atoms with Gasteiger partial charge in [-0.3, -0.25) is 4.79 Å². The van der Waals surface area contributed by atoms with Crippen LogP contribution in [0.1, 0.15) is 174 Å². The normalized spacial score (nSPS) is 12.3. The molecule has 43 heavy (non-hydrogen) atoms. The predicted molar refractivity (Wildman–Crippen MR) is 205 cm³/mol. The zero-order chi connectivity index (χ0) is 31.5. The highest BCUT2D eigenvalue weighted by atomic mass is 33.1. The molecule has 0 bridgehead atoms. The summed E-state index contributed by atoms with van der Waals surface area (Å²) in [5.74, 6) is 3.46. The first-order valence-corrected chi connectivity index (χ1v) is 23.3. The minimum Gasteiger partial charge on any atom is -0.464 e. The summed E-state index contributed by atoms with van der Waals surface area (Å²) >= 11 is 0. The van der Waals surface area contributed by atoms with Gasteiger partial charge in [-0.15, -0.1) is 0 Å². The molecule has 0 aromatic carbocycles. The van der Waals surface area contributed by atoms with Gasteiger partial charge < -0.3 is 9.64 Å². The molecule has 0 N–H and O–H groups in total. The Balaban J connectivity index is 3.87. The number of hydrogen-bond donors (Lipinski definition) is 0. The maximum Gasteiger partial charge on any atom is 0.307 e. The average molecular weight is 680 g/mol. The third-order valence-corrected chi connectivity index (χ3v) is 13.6. The summed E-state index contributed by atoms with van der Waals surface area (Å²) in [6.07, 6.45) is 34.2. The van der Waals surface area contributed by atoms with Gasteiger partial charge in [-0.2, -0.15) is 0 Å². The van der Waals surface area contributed by atoms with Crippen LogP contribution in [0.2, 0.25) is 0 Å². The highest BCUT2D eigenvalue weighted by molar-refractivity contribution is 8.78. The Labute approximate surface area is 286 Å². The van der Waals surface area contributed by atoms with Gasteiger partial charge in [0.1, 0.15) is 6.61 Å². The minimum absolute atomic E-state index is 0.0561. The van der Waals surface area contributed by atoms with Crippen LogP contribution in [0.25, 0.3) is 0 Å². The number of esters is 1. The van der Waals surface area contributed by atoms with Crippen molar-refractivity contribution in [2.75, 3.05) is 44.5 Å². The van der Waals surface area contributed by atoms with Crippen LogP contribution in [-0.4, -0.2) is 60.6 Å². The van der Waals surface area contributed by atoms with Crippen molar-refractivity contribution in [2.24, 2.45) is 0 Å². The van der Waals surface area contributed by atoms with E-state index >= 15 is 0 Å². The number of hydrogen-bond acceptors (Lipinski definition) is 7. The molecule has 0 aromatic rings. The van der Waals surface area contributed by atoms with Gasteiger partial charge in [0.15, 0.2) is 0 Å². The number of carbonyl (C=O) groups is 1. The largest absolute Gasteiger partial charge is 0.464 e. The Morgan fingerprint density at radius 1 is 0.558 bits per heavy atom. The molecule has 0 aliphatic rings. The fourth-order valence-electron chi connectivity index (χ4n) is 5.01. The van der Waals surface area contributed by atoms with Crippen molar-refractivity contribution in [1.29, 1.82) is 0 Å². The Kier molecular flexibility index (Phi) is 38.0. The van der Waals surface area contributed by atoms with Crippen molar-refractivity contribution >= 4 is 49.1 Å². The van der Waals surface area contributed by atoms with Gasteiger partial charge in [-0.05, 0) is 26.9 Å². The third kappa shape index (κ3) is 37.2.